The van der Waals surface area contributed by atoms with Crippen LogP contribution in [0, 0.1) is 0 Å². The molecule has 2 aromatic carbocycles. The van der Waals surface area contributed by atoms with Gasteiger partial charge in [0.05, 0.1) is 34.4 Å². The van der Waals surface area contributed by atoms with Gasteiger partial charge in [0.25, 0.3) is 11.7 Å². The van der Waals surface area contributed by atoms with Gasteiger partial charge >= 0.3 is 0 Å². The predicted molar refractivity (Wildman–Crippen MR) is 122 cm³/mol. The number of likely N-dealkylation sites (tertiary alicyclic amines) is 1. The minimum Gasteiger partial charge on any atom is -0.507 e. The third kappa shape index (κ3) is 4.95. The number of carbonyl (C=O) groups excluding carboxylic acids is 2. The largest absolute Gasteiger partial charge is 0.507 e. The molecular formula is C24H25Cl2NO4. The predicted octanol–water partition coefficient (Wildman–Crippen LogP) is 5.40. The zero-order valence-corrected chi connectivity index (χ0v) is 19.2. The van der Waals surface area contributed by atoms with E-state index in [2.05, 4.69) is 6.92 Å². The summed E-state index contributed by atoms with van der Waals surface area (Å²) in [5, 5.41) is 11.6. The summed E-state index contributed by atoms with van der Waals surface area (Å²) in [4.78, 5) is 27.3. The van der Waals surface area contributed by atoms with Crippen molar-refractivity contribution in [1.29, 1.82) is 0 Å². The summed E-state index contributed by atoms with van der Waals surface area (Å²) in [5.74, 6) is -1.69. The summed E-state index contributed by atoms with van der Waals surface area (Å²) < 4.78 is 5.60. The van der Waals surface area contributed by atoms with E-state index >= 15 is 0 Å². The van der Waals surface area contributed by atoms with Gasteiger partial charge in [-0.15, -0.1) is 0 Å². The molecule has 1 amide bonds. The van der Waals surface area contributed by atoms with Crippen LogP contribution in [0.25, 0.3) is 5.76 Å². The summed E-state index contributed by atoms with van der Waals surface area (Å²) in [6.45, 7) is 6.36. The lowest BCUT2D eigenvalue weighted by Crippen LogP contribution is -2.33. The Hall–Kier alpha value is -2.34. The number of hydrogen-bond acceptors (Lipinski definition) is 4. The molecule has 0 spiro atoms. The van der Waals surface area contributed by atoms with Gasteiger partial charge in [-0.1, -0.05) is 54.4 Å². The van der Waals surface area contributed by atoms with Gasteiger partial charge in [0.15, 0.2) is 0 Å². The molecule has 1 aliphatic rings. The van der Waals surface area contributed by atoms with Crippen molar-refractivity contribution in [2.45, 2.75) is 39.3 Å². The molecule has 7 heteroatoms. The maximum atomic E-state index is 13.0. The average molecular weight is 462 g/mol. The van der Waals surface area contributed by atoms with Crippen LogP contribution in [0.1, 0.15) is 43.5 Å². The van der Waals surface area contributed by atoms with E-state index in [-0.39, 0.29) is 35.6 Å². The van der Waals surface area contributed by atoms with E-state index < -0.39 is 17.7 Å². The second-order valence-electron chi connectivity index (χ2n) is 7.64. The third-order valence-corrected chi connectivity index (χ3v) is 5.96. The van der Waals surface area contributed by atoms with Crippen LogP contribution in [-0.2, 0) is 20.7 Å². The topological polar surface area (TPSA) is 66.8 Å². The summed E-state index contributed by atoms with van der Waals surface area (Å²) in [6, 6.07) is 11.5. The van der Waals surface area contributed by atoms with Gasteiger partial charge in [-0.2, -0.15) is 0 Å². The minimum atomic E-state index is -0.738. The Morgan fingerprint density at radius 2 is 1.77 bits per heavy atom. The highest BCUT2D eigenvalue weighted by molar-refractivity contribution is 6.46. The summed E-state index contributed by atoms with van der Waals surface area (Å²) in [7, 11) is 0. The Labute approximate surface area is 192 Å². The molecule has 0 bridgehead atoms. The van der Waals surface area contributed by atoms with Crippen molar-refractivity contribution < 1.29 is 19.4 Å². The van der Waals surface area contributed by atoms with Crippen LogP contribution in [0.5, 0.6) is 0 Å². The minimum absolute atomic E-state index is 0.00433. The molecule has 1 fully saturated rings. The van der Waals surface area contributed by atoms with E-state index in [4.69, 9.17) is 27.9 Å². The van der Waals surface area contributed by atoms with E-state index in [0.717, 1.165) is 17.5 Å². The summed E-state index contributed by atoms with van der Waals surface area (Å²) >= 11 is 12.1. The fourth-order valence-electron chi connectivity index (χ4n) is 3.58. The fourth-order valence-corrected chi connectivity index (χ4v) is 3.88. The van der Waals surface area contributed by atoms with Crippen LogP contribution in [-0.4, -0.2) is 41.0 Å². The first kappa shape index (κ1) is 23.3. The van der Waals surface area contributed by atoms with Crippen LogP contribution >= 0.6 is 23.2 Å². The quantitative estimate of drug-likeness (QED) is 0.340. The number of ether oxygens (including phenoxy) is 1. The van der Waals surface area contributed by atoms with Gasteiger partial charge < -0.3 is 14.7 Å². The maximum absolute atomic E-state index is 13.0. The van der Waals surface area contributed by atoms with Crippen molar-refractivity contribution in [3.05, 3.63) is 74.8 Å². The normalized spacial score (nSPS) is 18.3. The lowest BCUT2D eigenvalue weighted by molar-refractivity contribution is -0.140. The number of hydrogen-bond donors (Lipinski definition) is 1. The summed E-state index contributed by atoms with van der Waals surface area (Å²) in [6.07, 6.45) is 0.863. The highest BCUT2D eigenvalue weighted by atomic mass is 35.5. The van der Waals surface area contributed by atoms with Gasteiger partial charge in [-0.25, -0.2) is 0 Å². The highest BCUT2D eigenvalue weighted by Crippen LogP contribution is 2.40. The number of amides is 1. The monoisotopic (exact) mass is 461 g/mol. The number of nitrogens with zero attached hydrogens (tertiary/aromatic N) is 1. The molecule has 1 saturated heterocycles. The van der Waals surface area contributed by atoms with Gasteiger partial charge in [-0.3, -0.25) is 9.59 Å². The maximum Gasteiger partial charge on any atom is 0.295 e. The van der Waals surface area contributed by atoms with Crippen LogP contribution in [0.4, 0.5) is 0 Å². The molecule has 2 aromatic rings. The molecule has 0 saturated carbocycles. The Bertz CT molecular complexity index is 1010. The van der Waals surface area contributed by atoms with Crippen LogP contribution in [0.15, 0.2) is 48.0 Å². The van der Waals surface area contributed by atoms with Crippen LogP contribution < -0.4 is 0 Å². The van der Waals surface area contributed by atoms with Crippen LogP contribution in [0.2, 0.25) is 10.0 Å². The lowest BCUT2D eigenvalue weighted by atomic mass is 9.94. The van der Waals surface area contributed by atoms with Crippen molar-refractivity contribution >= 4 is 40.7 Å². The molecule has 1 aliphatic heterocycles. The molecular weight excluding hydrogens is 437 g/mol. The molecule has 1 heterocycles. The van der Waals surface area contributed by atoms with Crippen LogP contribution in [0.3, 0.4) is 0 Å². The Morgan fingerprint density at radius 3 is 2.35 bits per heavy atom. The molecule has 1 N–H and O–H groups in total. The molecule has 5 nitrogen and oxygen atoms in total. The Kier molecular flexibility index (Phi) is 7.42. The van der Waals surface area contributed by atoms with Gasteiger partial charge in [0.1, 0.15) is 5.76 Å². The number of ketones is 1. The molecule has 164 valence electrons. The molecule has 0 aromatic heterocycles. The van der Waals surface area contributed by atoms with E-state index in [1.807, 2.05) is 38.1 Å². The van der Waals surface area contributed by atoms with E-state index in [1.165, 1.54) is 17.0 Å². The Balaban J connectivity index is 2.10. The molecule has 1 unspecified atom stereocenters. The van der Waals surface area contributed by atoms with E-state index in [0.29, 0.717) is 10.6 Å². The zero-order chi connectivity index (χ0) is 22.7. The van der Waals surface area contributed by atoms with Crippen molar-refractivity contribution in [2.24, 2.45) is 0 Å². The smallest absolute Gasteiger partial charge is 0.295 e. The molecule has 3 rings (SSSR count). The van der Waals surface area contributed by atoms with Gasteiger partial charge in [0, 0.05) is 12.1 Å². The van der Waals surface area contributed by atoms with Crippen molar-refractivity contribution in [1.82, 2.24) is 4.90 Å². The number of aryl methyl sites for hydroxylation is 1. The Morgan fingerprint density at radius 1 is 1.10 bits per heavy atom. The van der Waals surface area contributed by atoms with E-state index in [1.54, 1.807) is 6.07 Å². The average Bonchev–Trinajstić information content (AvgIpc) is 3.00. The number of benzene rings is 2. The molecule has 0 radical (unpaired) electrons. The van der Waals surface area contributed by atoms with Gasteiger partial charge in [-0.05, 0) is 49.6 Å². The number of aliphatic hydroxyl groups is 1. The second kappa shape index (κ2) is 9.86. The number of Topliss-reactive ketones (excluding diaryl/α,β-unsaturated/α-hetero) is 1. The molecule has 0 aliphatic carbocycles. The van der Waals surface area contributed by atoms with E-state index in [9.17, 15) is 14.7 Å². The SMILES string of the molecule is CCc1ccc(C2/C(=C(/O)c3ccc(Cl)c(Cl)c3)C(=O)C(=O)N2CCOC(C)C)cc1. The third-order valence-electron chi connectivity index (χ3n) is 5.22. The number of rotatable bonds is 7. The van der Waals surface area contributed by atoms with Crippen molar-refractivity contribution in [3.63, 3.8) is 0 Å². The fraction of sp³-hybridized carbons (Fsp3) is 0.333. The summed E-state index contributed by atoms with van der Waals surface area (Å²) in [5.41, 5.74) is 2.22. The number of carbonyl (C=O) groups is 2. The highest BCUT2D eigenvalue weighted by Gasteiger charge is 2.45. The zero-order valence-electron chi connectivity index (χ0n) is 17.7. The number of halogens is 2. The number of aliphatic hydroxyl groups excluding tert-OH is 1. The van der Waals surface area contributed by atoms with Gasteiger partial charge in [0.2, 0.25) is 0 Å². The first-order valence-corrected chi connectivity index (χ1v) is 10.9. The van der Waals surface area contributed by atoms with Crippen molar-refractivity contribution in [2.75, 3.05) is 13.2 Å². The lowest BCUT2D eigenvalue weighted by Gasteiger charge is -2.26. The molecule has 1 atom stereocenters. The van der Waals surface area contributed by atoms with Crippen molar-refractivity contribution in [3.8, 4) is 0 Å². The first-order valence-electron chi connectivity index (χ1n) is 10.2. The second-order valence-corrected chi connectivity index (χ2v) is 8.45. The first-order chi connectivity index (χ1) is 14.7. The standard InChI is InChI=1S/C24H25Cl2NO4/c1-4-15-5-7-16(8-6-15)21-20(22(28)17-9-10-18(25)19(26)13-17)23(29)24(30)27(21)11-12-31-14(2)3/h5-10,13-14,21,28H,4,11-12H2,1-3H3/b22-20-. The molecule has 31 heavy (non-hydrogen) atoms.